The Labute approximate surface area is 148 Å². The average Bonchev–Trinajstić information content (AvgIpc) is 2.38. The van der Waals surface area contributed by atoms with Crippen LogP contribution in [0.2, 0.25) is 0 Å². The molecule has 7 heteroatoms. The quantitative estimate of drug-likeness (QED) is 0.554. The maximum Gasteiger partial charge on any atom is 0.319 e. The van der Waals surface area contributed by atoms with Gasteiger partial charge < -0.3 is 10.1 Å². The van der Waals surface area contributed by atoms with Gasteiger partial charge in [0.05, 0.1) is 11.8 Å². The maximum atomic E-state index is 13.9. The summed E-state index contributed by atoms with van der Waals surface area (Å²) in [6.45, 7) is 8.74. The summed E-state index contributed by atoms with van der Waals surface area (Å²) in [5.41, 5.74) is 0.0860. The van der Waals surface area contributed by atoms with Gasteiger partial charge in [-0.3, -0.25) is 9.59 Å². The highest BCUT2D eigenvalue weighted by Crippen LogP contribution is 2.37. The molecule has 1 rings (SSSR count). The lowest BCUT2D eigenvalue weighted by molar-refractivity contribution is -0.147. The molecule has 1 aromatic rings. The van der Waals surface area contributed by atoms with Gasteiger partial charge in [0.1, 0.15) is 11.1 Å². The molecule has 0 fully saturated rings. The van der Waals surface area contributed by atoms with Gasteiger partial charge in [-0.1, -0.05) is 13.8 Å². The van der Waals surface area contributed by atoms with Crippen LogP contribution < -0.4 is 5.32 Å². The smallest absolute Gasteiger partial charge is 0.319 e. The van der Waals surface area contributed by atoms with E-state index in [0.717, 1.165) is 0 Å². The van der Waals surface area contributed by atoms with Gasteiger partial charge in [0.15, 0.2) is 0 Å². The lowest BCUT2D eigenvalue weighted by Crippen LogP contribution is -2.27. The third kappa shape index (κ3) is 6.14. The Morgan fingerprint density at radius 1 is 1.26 bits per heavy atom. The van der Waals surface area contributed by atoms with Crippen LogP contribution in [0.1, 0.15) is 34.6 Å². The van der Waals surface area contributed by atoms with Crippen LogP contribution in [0.25, 0.3) is 0 Å². The van der Waals surface area contributed by atoms with Crippen LogP contribution in [0.3, 0.4) is 0 Å². The molecule has 1 unspecified atom stereocenters. The van der Waals surface area contributed by atoms with Crippen molar-refractivity contribution in [3.8, 4) is 0 Å². The molecule has 0 heterocycles. The van der Waals surface area contributed by atoms with E-state index in [1.807, 2.05) is 13.8 Å². The van der Waals surface area contributed by atoms with Crippen molar-refractivity contribution in [1.29, 1.82) is 0 Å². The number of hydrogen-bond acceptors (Lipinski definition) is 4. The molecular weight excluding hydrogens is 385 g/mol. The van der Waals surface area contributed by atoms with Gasteiger partial charge in [0.2, 0.25) is 5.91 Å². The molecule has 4 nitrogen and oxygen atoms in total. The Hall–Kier alpha value is -1.08. The molecular formula is C16H21BrFNO3S. The normalized spacial score (nSPS) is 12.4. The second-order valence-electron chi connectivity index (χ2n) is 5.71. The summed E-state index contributed by atoms with van der Waals surface area (Å²) in [4.78, 5) is 24.1. The van der Waals surface area contributed by atoms with Crippen LogP contribution in [0, 0.1) is 11.7 Å². The van der Waals surface area contributed by atoms with Gasteiger partial charge in [-0.25, -0.2) is 4.39 Å². The van der Waals surface area contributed by atoms with Crippen molar-refractivity contribution in [2.75, 3.05) is 5.32 Å². The molecule has 1 aromatic carbocycles. The van der Waals surface area contributed by atoms with Crippen molar-refractivity contribution in [2.45, 2.75) is 50.9 Å². The zero-order chi connectivity index (χ0) is 17.7. The van der Waals surface area contributed by atoms with Crippen LogP contribution in [0.4, 0.5) is 10.1 Å². The Kier molecular flexibility index (Phi) is 7.54. The number of carbonyl (C=O) groups is 2. The fraction of sp³-hybridized carbons (Fsp3) is 0.500. The van der Waals surface area contributed by atoms with Crippen molar-refractivity contribution in [3.63, 3.8) is 0 Å². The van der Waals surface area contributed by atoms with Crippen LogP contribution in [-0.2, 0) is 14.3 Å². The van der Waals surface area contributed by atoms with Crippen molar-refractivity contribution in [2.24, 2.45) is 5.92 Å². The third-order valence-electron chi connectivity index (χ3n) is 2.78. The van der Waals surface area contributed by atoms with Gasteiger partial charge in [-0.2, -0.15) is 0 Å². The number of amides is 1. The first-order chi connectivity index (χ1) is 10.6. The number of hydrogen-bond donors (Lipinski definition) is 1. The summed E-state index contributed by atoms with van der Waals surface area (Å²) < 4.78 is 19.7. The minimum atomic E-state index is -0.540. The number of halogens is 2. The van der Waals surface area contributed by atoms with E-state index in [1.165, 1.54) is 30.8 Å². The van der Waals surface area contributed by atoms with E-state index in [4.69, 9.17) is 4.74 Å². The molecule has 1 amide bonds. The largest absolute Gasteiger partial charge is 0.462 e. The Bertz CT molecular complexity index is 593. The molecule has 0 aliphatic carbocycles. The summed E-state index contributed by atoms with van der Waals surface area (Å²) in [6, 6.07) is 2.79. The number of anilines is 1. The summed E-state index contributed by atoms with van der Waals surface area (Å²) in [5.74, 6) is -1.17. The Morgan fingerprint density at radius 2 is 1.87 bits per heavy atom. The fourth-order valence-corrected chi connectivity index (χ4v) is 3.45. The highest BCUT2D eigenvalue weighted by atomic mass is 79.9. The third-order valence-corrected chi connectivity index (χ3v) is 5.28. The molecule has 0 aliphatic heterocycles. The highest BCUT2D eigenvalue weighted by molar-refractivity contribution is 9.10. The summed E-state index contributed by atoms with van der Waals surface area (Å²) >= 11 is 4.58. The number of nitrogens with one attached hydrogen (secondary N) is 1. The highest BCUT2D eigenvalue weighted by Gasteiger charge is 2.27. The maximum absolute atomic E-state index is 13.9. The molecule has 23 heavy (non-hydrogen) atoms. The van der Waals surface area contributed by atoms with Crippen molar-refractivity contribution in [1.82, 2.24) is 0 Å². The topological polar surface area (TPSA) is 55.4 Å². The monoisotopic (exact) mass is 405 g/mol. The fourth-order valence-electron chi connectivity index (χ4n) is 1.80. The predicted molar refractivity (Wildman–Crippen MR) is 94.1 cm³/mol. The molecule has 0 saturated carbocycles. The molecule has 0 spiro atoms. The zero-order valence-corrected chi connectivity index (χ0v) is 16.2. The Balaban J connectivity index is 3.08. The molecule has 0 radical (unpaired) electrons. The second kappa shape index (κ2) is 8.68. The van der Waals surface area contributed by atoms with Crippen molar-refractivity contribution >= 4 is 45.3 Å². The number of rotatable bonds is 6. The summed E-state index contributed by atoms with van der Waals surface area (Å²) in [5, 5.41) is 2.01. The molecule has 1 atom stereocenters. The van der Waals surface area contributed by atoms with Crippen molar-refractivity contribution < 1.29 is 18.7 Å². The minimum Gasteiger partial charge on any atom is -0.462 e. The standard InChI is InChI=1S/C16H21BrFNO3S/c1-8(2)15(16(21)22-9(3)4)23-14-7-13(19-10(5)20)12(18)6-11(14)17/h6-9,15H,1-5H3,(H,19,20). The predicted octanol–water partition coefficient (Wildman–Crippen LogP) is 4.61. The lowest BCUT2D eigenvalue weighted by atomic mass is 10.1. The number of thioether (sulfide) groups is 1. The number of esters is 1. The van der Waals surface area contributed by atoms with E-state index in [1.54, 1.807) is 13.8 Å². The molecule has 1 N–H and O–H groups in total. The summed E-state index contributed by atoms with van der Waals surface area (Å²) in [6.07, 6.45) is -0.198. The minimum absolute atomic E-state index is 0.0346. The molecule has 0 saturated heterocycles. The van der Waals surface area contributed by atoms with Crippen LogP contribution in [0.5, 0.6) is 0 Å². The van der Waals surface area contributed by atoms with Gasteiger partial charge in [-0.15, -0.1) is 11.8 Å². The number of benzene rings is 1. The second-order valence-corrected chi connectivity index (χ2v) is 7.75. The van der Waals surface area contributed by atoms with E-state index < -0.39 is 11.1 Å². The molecule has 0 aromatic heterocycles. The van der Waals surface area contributed by atoms with Crippen LogP contribution >= 0.6 is 27.7 Å². The van der Waals surface area contributed by atoms with Gasteiger partial charge in [0, 0.05) is 16.3 Å². The van der Waals surface area contributed by atoms with Gasteiger partial charge in [0.25, 0.3) is 0 Å². The van der Waals surface area contributed by atoms with E-state index >= 15 is 0 Å². The molecule has 0 aliphatic rings. The van der Waals surface area contributed by atoms with E-state index in [-0.39, 0.29) is 29.6 Å². The molecule has 128 valence electrons. The first-order valence-electron chi connectivity index (χ1n) is 7.25. The SMILES string of the molecule is CC(=O)Nc1cc(SC(C(=O)OC(C)C)C(C)C)c(Br)cc1F. The van der Waals surface area contributed by atoms with Crippen LogP contribution in [-0.4, -0.2) is 23.2 Å². The Morgan fingerprint density at radius 3 is 2.35 bits per heavy atom. The van der Waals surface area contributed by atoms with E-state index in [2.05, 4.69) is 21.2 Å². The van der Waals surface area contributed by atoms with Gasteiger partial charge in [-0.05, 0) is 47.8 Å². The first kappa shape index (κ1) is 20.0. The van der Waals surface area contributed by atoms with E-state index in [0.29, 0.717) is 9.37 Å². The molecule has 0 bridgehead atoms. The lowest BCUT2D eigenvalue weighted by Gasteiger charge is -2.21. The first-order valence-corrected chi connectivity index (χ1v) is 8.92. The number of ether oxygens (including phenoxy) is 1. The summed E-state index contributed by atoms with van der Waals surface area (Å²) in [7, 11) is 0. The van der Waals surface area contributed by atoms with Gasteiger partial charge >= 0.3 is 5.97 Å². The zero-order valence-electron chi connectivity index (χ0n) is 13.8. The van der Waals surface area contributed by atoms with E-state index in [9.17, 15) is 14.0 Å². The van der Waals surface area contributed by atoms with Crippen molar-refractivity contribution in [3.05, 3.63) is 22.4 Å². The average molecular weight is 406 g/mol. The number of carbonyl (C=O) groups excluding carboxylic acids is 2. The van der Waals surface area contributed by atoms with Crippen LogP contribution in [0.15, 0.2) is 21.5 Å².